The maximum absolute atomic E-state index is 12.6. The van der Waals surface area contributed by atoms with Gasteiger partial charge in [-0.25, -0.2) is 17.9 Å². The number of benzene rings is 3. The smallest absolute Gasteiger partial charge is 0.337 e. The first-order valence-corrected chi connectivity index (χ1v) is 11.6. The third kappa shape index (κ3) is 6.32. The number of aromatic carboxylic acids is 1. The molecule has 0 aromatic heterocycles. The van der Waals surface area contributed by atoms with E-state index >= 15 is 0 Å². The van der Waals surface area contributed by atoms with Crippen LogP contribution < -0.4 is 14.8 Å². The number of ether oxygens (including phenoxy) is 1. The van der Waals surface area contributed by atoms with E-state index in [1.165, 1.54) is 18.2 Å². The highest BCUT2D eigenvalue weighted by Crippen LogP contribution is 2.21. The predicted molar refractivity (Wildman–Crippen MR) is 124 cm³/mol. The Hall–Kier alpha value is -3.36. The van der Waals surface area contributed by atoms with Crippen LogP contribution in [0.3, 0.4) is 0 Å². The fraction of sp³-hybridized carbons (Fsp3) is 0.208. The van der Waals surface area contributed by atoms with Crippen molar-refractivity contribution < 1.29 is 23.1 Å². The Morgan fingerprint density at radius 1 is 0.906 bits per heavy atom. The molecule has 0 fully saturated rings. The van der Waals surface area contributed by atoms with E-state index < -0.39 is 16.0 Å². The molecular formula is C24H26N2O5S. The highest BCUT2D eigenvalue weighted by Gasteiger charge is 2.18. The second kappa shape index (κ2) is 10.8. The minimum absolute atomic E-state index is 0.0799. The standard InChI is InChI=1S/C24H26N2O5S/c1-31-20-9-7-19(8-10-20)13-15-25-23-12-11-21(17-22(23)24(27)28)32(29,30)26-16-14-18-5-3-2-4-6-18/h2-12,17,25-26H,13-16H2,1H3,(H,27,28). The SMILES string of the molecule is COc1ccc(CCNc2ccc(S(=O)(=O)NCCc3ccccc3)cc2C(=O)O)cc1. The Morgan fingerprint density at radius 2 is 1.56 bits per heavy atom. The van der Waals surface area contributed by atoms with Gasteiger partial charge < -0.3 is 15.2 Å². The Labute approximate surface area is 188 Å². The van der Waals surface area contributed by atoms with E-state index in [1.54, 1.807) is 7.11 Å². The minimum Gasteiger partial charge on any atom is -0.497 e. The van der Waals surface area contributed by atoms with Crippen LogP contribution in [0.15, 0.2) is 77.7 Å². The first kappa shape index (κ1) is 23.3. The first-order chi connectivity index (χ1) is 15.4. The first-order valence-electron chi connectivity index (χ1n) is 10.2. The van der Waals surface area contributed by atoms with Crippen molar-refractivity contribution in [2.45, 2.75) is 17.7 Å². The number of carboxylic acids is 1. The maximum atomic E-state index is 12.6. The third-order valence-electron chi connectivity index (χ3n) is 4.97. The van der Waals surface area contributed by atoms with Crippen LogP contribution in [0.25, 0.3) is 0 Å². The van der Waals surface area contributed by atoms with Crippen LogP contribution in [0, 0.1) is 0 Å². The van der Waals surface area contributed by atoms with Gasteiger partial charge in [0.2, 0.25) is 10.0 Å². The van der Waals surface area contributed by atoms with Crippen molar-refractivity contribution in [1.82, 2.24) is 4.72 Å². The normalized spacial score (nSPS) is 11.2. The molecule has 8 heteroatoms. The van der Waals surface area contributed by atoms with Crippen molar-refractivity contribution in [1.29, 1.82) is 0 Å². The van der Waals surface area contributed by atoms with E-state index in [4.69, 9.17) is 4.74 Å². The molecule has 3 rings (SSSR count). The highest BCUT2D eigenvalue weighted by molar-refractivity contribution is 7.89. The fourth-order valence-electron chi connectivity index (χ4n) is 3.21. The fourth-order valence-corrected chi connectivity index (χ4v) is 4.27. The zero-order valence-corrected chi connectivity index (χ0v) is 18.6. The molecule has 0 spiro atoms. The third-order valence-corrected chi connectivity index (χ3v) is 6.43. The summed E-state index contributed by atoms with van der Waals surface area (Å²) < 4.78 is 32.9. The lowest BCUT2D eigenvalue weighted by atomic mass is 10.1. The quantitative estimate of drug-likeness (QED) is 0.409. The van der Waals surface area contributed by atoms with Crippen molar-refractivity contribution in [3.8, 4) is 5.75 Å². The van der Waals surface area contributed by atoms with E-state index in [1.807, 2.05) is 54.6 Å². The number of rotatable bonds is 11. The molecule has 32 heavy (non-hydrogen) atoms. The number of carboxylic acid groups (broad SMARTS) is 1. The lowest BCUT2D eigenvalue weighted by molar-refractivity contribution is 0.0697. The molecule has 0 radical (unpaired) electrons. The highest BCUT2D eigenvalue weighted by atomic mass is 32.2. The Bertz CT molecular complexity index is 1150. The van der Waals surface area contributed by atoms with Gasteiger partial charge in [-0.3, -0.25) is 0 Å². The number of hydrogen-bond acceptors (Lipinski definition) is 5. The van der Waals surface area contributed by atoms with Crippen LogP contribution in [0.4, 0.5) is 5.69 Å². The minimum atomic E-state index is -3.83. The Morgan fingerprint density at radius 3 is 2.22 bits per heavy atom. The molecule has 0 amide bonds. The van der Waals surface area contributed by atoms with Gasteiger partial charge in [0.25, 0.3) is 0 Å². The number of sulfonamides is 1. The molecule has 0 bridgehead atoms. The molecule has 0 saturated carbocycles. The molecule has 3 aromatic carbocycles. The molecule has 168 valence electrons. The summed E-state index contributed by atoms with van der Waals surface area (Å²) in [4.78, 5) is 11.7. The predicted octanol–water partition coefficient (Wildman–Crippen LogP) is 3.57. The van der Waals surface area contributed by atoms with E-state index in [9.17, 15) is 18.3 Å². The van der Waals surface area contributed by atoms with Gasteiger partial charge in [-0.2, -0.15) is 0 Å². The van der Waals surface area contributed by atoms with Crippen molar-refractivity contribution in [2.24, 2.45) is 0 Å². The molecule has 3 N–H and O–H groups in total. The molecule has 0 unspecified atom stereocenters. The summed E-state index contributed by atoms with van der Waals surface area (Å²) in [5.74, 6) is -0.428. The van der Waals surface area contributed by atoms with E-state index in [2.05, 4.69) is 10.0 Å². The topological polar surface area (TPSA) is 105 Å². The van der Waals surface area contributed by atoms with Crippen LogP contribution in [-0.4, -0.2) is 39.7 Å². The van der Waals surface area contributed by atoms with Gasteiger partial charge in [-0.15, -0.1) is 0 Å². The molecule has 0 aliphatic heterocycles. The summed E-state index contributed by atoms with van der Waals surface area (Å²) in [6.45, 7) is 0.713. The van der Waals surface area contributed by atoms with Crippen LogP contribution >= 0.6 is 0 Å². The summed E-state index contributed by atoms with van der Waals surface area (Å²) in [5.41, 5.74) is 2.36. The summed E-state index contributed by atoms with van der Waals surface area (Å²) in [5, 5.41) is 12.7. The second-order valence-corrected chi connectivity index (χ2v) is 8.94. The molecular weight excluding hydrogens is 428 g/mol. The Balaban J connectivity index is 1.64. The Kier molecular flexibility index (Phi) is 7.86. The number of carbonyl (C=O) groups is 1. The van der Waals surface area contributed by atoms with Gasteiger partial charge in [-0.1, -0.05) is 42.5 Å². The summed E-state index contributed by atoms with van der Waals surface area (Å²) in [6.07, 6.45) is 1.21. The summed E-state index contributed by atoms with van der Waals surface area (Å²) in [7, 11) is -2.22. The molecule has 0 saturated heterocycles. The number of methoxy groups -OCH3 is 1. The number of anilines is 1. The van der Waals surface area contributed by atoms with Crippen LogP contribution in [0.2, 0.25) is 0 Å². The van der Waals surface area contributed by atoms with Crippen LogP contribution in [0.1, 0.15) is 21.5 Å². The van der Waals surface area contributed by atoms with Crippen molar-refractivity contribution in [3.63, 3.8) is 0 Å². The molecule has 0 atom stereocenters. The van der Waals surface area contributed by atoms with E-state index in [0.717, 1.165) is 16.9 Å². The lowest BCUT2D eigenvalue weighted by Crippen LogP contribution is -2.26. The summed E-state index contributed by atoms with van der Waals surface area (Å²) in [6, 6.07) is 21.2. The van der Waals surface area contributed by atoms with Gasteiger partial charge in [0.1, 0.15) is 5.75 Å². The molecule has 0 aliphatic carbocycles. The zero-order valence-electron chi connectivity index (χ0n) is 17.7. The van der Waals surface area contributed by atoms with E-state index in [-0.39, 0.29) is 17.0 Å². The van der Waals surface area contributed by atoms with Crippen LogP contribution in [-0.2, 0) is 22.9 Å². The molecule has 7 nitrogen and oxygen atoms in total. The van der Waals surface area contributed by atoms with Crippen LogP contribution in [0.5, 0.6) is 5.75 Å². The van der Waals surface area contributed by atoms with Gasteiger partial charge in [0.15, 0.2) is 0 Å². The zero-order chi connectivity index (χ0) is 23.0. The molecule has 0 heterocycles. The number of hydrogen-bond donors (Lipinski definition) is 3. The second-order valence-electron chi connectivity index (χ2n) is 7.17. The van der Waals surface area contributed by atoms with Crippen molar-refractivity contribution in [2.75, 3.05) is 25.5 Å². The maximum Gasteiger partial charge on any atom is 0.337 e. The molecule has 3 aromatic rings. The van der Waals surface area contributed by atoms with Gasteiger partial charge in [0.05, 0.1) is 17.6 Å². The van der Waals surface area contributed by atoms with E-state index in [0.29, 0.717) is 25.1 Å². The average molecular weight is 455 g/mol. The molecule has 0 aliphatic rings. The van der Waals surface area contributed by atoms with Gasteiger partial charge in [0, 0.05) is 18.8 Å². The van der Waals surface area contributed by atoms with Gasteiger partial charge in [-0.05, 0) is 54.3 Å². The number of nitrogens with one attached hydrogen (secondary N) is 2. The monoisotopic (exact) mass is 454 g/mol. The average Bonchev–Trinajstić information content (AvgIpc) is 2.80. The largest absolute Gasteiger partial charge is 0.497 e. The van der Waals surface area contributed by atoms with Gasteiger partial charge >= 0.3 is 5.97 Å². The van der Waals surface area contributed by atoms with Crippen molar-refractivity contribution in [3.05, 3.63) is 89.5 Å². The lowest BCUT2D eigenvalue weighted by Gasteiger charge is -2.13. The summed E-state index contributed by atoms with van der Waals surface area (Å²) >= 11 is 0. The van der Waals surface area contributed by atoms with Crippen molar-refractivity contribution >= 4 is 21.7 Å².